The Balaban J connectivity index is 3.08. The van der Waals surface area contributed by atoms with Crippen LogP contribution in [-0.2, 0) is 4.74 Å². The topological polar surface area (TPSA) is 44.5 Å². The third kappa shape index (κ3) is 2.74. The van der Waals surface area contributed by atoms with Crippen molar-refractivity contribution in [2.75, 3.05) is 20.3 Å². The van der Waals surface area contributed by atoms with Crippen LogP contribution in [0, 0.1) is 13.8 Å². The highest BCUT2D eigenvalue weighted by Crippen LogP contribution is 2.27. The summed E-state index contributed by atoms with van der Waals surface area (Å²) in [7, 11) is 1.68. The third-order valence-corrected chi connectivity index (χ3v) is 2.71. The van der Waals surface area contributed by atoms with Gasteiger partial charge in [0.05, 0.1) is 12.7 Å². The van der Waals surface area contributed by atoms with Crippen molar-refractivity contribution in [3.63, 3.8) is 0 Å². The van der Waals surface area contributed by atoms with E-state index in [-0.39, 0.29) is 6.10 Å². The minimum atomic E-state index is -0.0330. The first kappa shape index (κ1) is 13.0. The van der Waals surface area contributed by atoms with Gasteiger partial charge in [-0.3, -0.25) is 0 Å². The Morgan fingerprint density at radius 1 is 1.25 bits per heavy atom. The average Bonchev–Trinajstić information content (AvgIpc) is 2.26. The molecule has 90 valence electrons. The lowest BCUT2D eigenvalue weighted by molar-refractivity contribution is 0.110. The summed E-state index contributed by atoms with van der Waals surface area (Å²) >= 11 is 0. The zero-order valence-corrected chi connectivity index (χ0v) is 10.5. The van der Waals surface area contributed by atoms with Crippen molar-refractivity contribution in [2.24, 2.45) is 5.73 Å². The van der Waals surface area contributed by atoms with Gasteiger partial charge in [-0.1, -0.05) is 0 Å². The largest absolute Gasteiger partial charge is 0.494 e. The van der Waals surface area contributed by atoms with Gasteiger partial charge in [0.15, 0.2) is 0 Å². The molecule has 0 radical (unpaired) electrons. The van der Waals surface area contributed by atoms with Crippen molar-refractivity contribution in [2.45, 2.75) is 26.9 Å². The zero-order valence-electron chi connectivity index (χ0n) is 10.5. The van der Waals surface area contributed by atoms with E-state index in [1.165, 1.54) is 0 Å². The van der Waals surface area contributed by atoms with Gasteiger partial charge < -0.3 is 15.2 Å². The number of ether oxygens (including phenoxy) is 2. The van der Waals surface area contributed by atoms with Gasteiger partial charge in [0, 0.05) is 13.7 Å². The number of nitrogens with two attached hydrogens (primary N) is 1. The molecular weight excluding hydrogens is 202 g/mol. The Labute approximate surface area is 97.6 Å². The minimum Gasteiger partial charge on any atom is -0.494 e. The number of hydrogen-bond donors (Lipinski definition) is 1. The lowest BCUT2D eigenvalue weighted by atomic mass is 10.00. The summed E-state index contributed by atoms with van der Waals surface area (Å²) in [5, 5.41) is 0. The first-order valence-corrected chi connectivity index (χ1v) is 5.60. The van der Waals surface area contributed by atoms with Gasteiger partial charge in [-0.05, 0) is 49.6 Å². The number of aryl methyl sites for hydroxylation is 2. The van der Waals surface area contributed by atoms with Gasteiger partial charge in [-0.25, -0.2) is 0 Å². The molecule has 0 amide bonds. The van der Waals surface area contributed by atoms with Crippen molar-refractivity contribution in [3.05, 3.63) is 28.8 Å². The van der Waals surface area contributed by atoms with Crippen LogP contribution in [0.1, 0.15) is 29.7 Å². The lowest BCUT2D eigenvalue weighted by Gasteiger charge is -2.18. The van der Waals surface area contributed by atoms with E-state index in [9.17, 15) is 0 Å². The fourth-order valence-corrected chi connectivity index (χ4v) is 1.82. The minimum absolute atomic E-state index is 0.0330. The molecule has 0 saturated carbocycles. The molecule has 0 saturated heterocycles. The standard InChI is InChI=1S/C13H21NO2/c1-5-16-12-7-9(2)11(6-10(12)3)13(8-14)15-4/h6-7,13H,5,8,14H2,1-4H3. The molecule has 0 spiro atoms. The SMILES string of the molecule is CCOc1cc(C)c(C(CN)OC)cc1C. The van der Waals surface area contributed by atoms with Crippen LogP contribution in [0.2, 0.25) is 0 Å². The number of methoxy groups -OCH3 is 1. The van der Waals surface area contributed by atoms with E-state index in [0.29, 0.717) is 13.2 Å². The second-order valence-corrected chi connectivity index (χ2v) is 3.87. The highest BCUT2D eigenvalue weighted by Gasteiger charge is 2.13. The van der Waals surface area contributed by atoms with Crippen LogP contribution in [-0.4, -0.2) is 20.3 Å². The molecule has 0 fully saturated rings. The van der Waals surface area contributed by atoms with E-state index in [2.05, 4.69) is 19.1 Å². The molecule has 1 aromatic carbocycles. The predicted octanol–water partition coefficient (Wildman–Crippen LogP) is 2.35. The van der Waals surface area contributed by atoms with Gasteiger partial charge >= 0.3 is 0 Å². The van der Waals surface area contributed by atoms with Crippen molar-refractivity contribution in [1.82, 2.24) is 0 Å². The molecule has 3 heteroatoms. The molecule has 1 atom stereocenters. The molecule has 0 bridgehead atoms. The van der Waals surface area contributed by atoms with Crippen LogP contribution in [0.15, 0.2) is 12.1 Å². The van der Waals surface area contributed by atoms with Crippen molar-refractivity contribution < 1.29 is 9.47 Å². The zero-order chi connectivity index (χ0) is 12.1. The van der Waals surface area contributed by atoms with Gasteiger partial charge in [-0.2, -0.15) is 0 Å². The van der Waals surface area contributed by atoms with E-state index < -0.39 is 0 Å². The van der Waals surface area contributed by atoms with Crippen LogP contribution in [0.5, 0.6) is 5.75 Å². The van der Waals surface area contributed by atoms with Crippen molar-refractivity contribution in [3.8, 4) is 5.75 Å². The summed E-state index contributed by atoms with van der Waals surface area (Å²) in [6.07, 6.45) is -0.0330. The van der Waals surface area contributed by atoms with Crippen LogP contribution in [0.3, 0.4) is 0 Å². The molecule has 16 heavy (non-hydrogen) atoms. The van der Waals surface area contributed by atoms with Gasteiger partial charge in [0.2, 0.25) is 0 Å². The molecule has 1 unspecified atom stereocenters. The van der Waals surface area contributed by atoms with Crippen molar-refractivity contribution >= 4 is 0 Å². The molecular formula is C13H21NO2. The maximum absolute atomic E-state index is 5.67. The summed E-state index contributed by atoms with van der Waals surface area (Å²) in [5.41, 5.74) is 9.10. The fraction of sp³-hybridized carbons (Fsp3) is 0.538. The quantitative estimate of drug-likeness (QED) is 0.833. The van der Waals surface area contributed by atoms with E-state index >= 15 is 0 Å². The molecule has 0 aromatic heterocycles. The Morgan fingerprint density at radius 2 is 1.94 bits per heavy atom. The highest BCUT2D eigenvalue weighted by atomic mass is 16.5. The van der Waals surface area contributed by atoms with E-state index in [0.717, 1.165) is 22.4 Å². The molecule has 0 aliphatic heterocycles. The maximum atomic E-state index is 5.67. The summed E-state index contributed by atoms with van der Waals surface area (Å²) < 4.78 is 10.9. The molecule has 0 aliphatic rings. The maximum Gasteiger partial charge on any atom is 0.122 e. The Morgan fingerprint density at radius 3 is 2.44 bits per heavy atom. The molecule has 1 aromatic rings. The number of hydrogen-bond acceptors (Lipinski definition) is 3. The van der Waals surface area contributed by atoms with Crippen LogP contribution >= 0.6 is 0 Å². The molecule has 2 N–H and O–H groups in total. The second-order valence-electron chi connectivity index (χ2n) is 3.87. The molecule has 3 nitrogen and oxygen atoms in total. The second kappa shape index (κ2) is 5.87. The number of benzene rings is 1. The van der Waals surface area contributed by atoms with Crippen molar-refractivity contribution in [1.29, 1.82) is 0 Å². The predicted molar refractivity (Wildman–Crippen MR) is 65.9 cm³/mol. The van der Waals surface area contributed by atoms with Crippen LogP contribution in [0.4, 0.5) is 0 Å². The highest BCUT2D eigenvalue weighted by molar-refractivity contribution is 5.42. The van der Waals surface area contributed by atoms with Gasteiger partial charge in [0.25, 0.3) is 0 Å². The summed E-state index contributed by atoms with van der Waals surface area (Å²) in [6, 6.07) is 4.15. The monoisotopic (exact) mass is 223 g/mol. The summed E-state index contributed by atoms with van der Waals surface area (Å²) in [4.78, 5) is 0. The first-order valence-electron chi connectivity index (χ1n) is 5.60. The van der Waals surface area contributed by atoms with Gasteiger partial charge in [-0.15, -0.1) is 0 Å². The normalized spacial score (nSPS) is 12.6. The average molecular weight is 223 g/mol. The van der Waals surface area contributed by atoms with E-state index in [4.69, 9.17) is 15.2 Å². The summed E-state index contributed by atoms with van der Waals surface area (Å²) in [5.74, 6) is 0.940. The lowest BCUT2D eigenvalue weighted by Crippen LogP contribution is -2.15. The number of rotatable bonds is 5. The Bertz CT molecular complexity index is 346. The van der Waals surface area contributed by atoms with Gasteiger partial charge in [0.1, 0.15) is 5.75 Å². The van der Waals surface area contributed by atoms with E-state index in [1.54, 1.807) is 7.11 Å². The Hall–Kier alpha value is -1.06. The molecule has 1 rings (SSSR count). The molecule has 0 heterocycles. The van der Waals surface area contributed by atoms with E-state index in [1.807, 2.05) is 13.8 Å². The first-order chi connectivity index (χ1) is 7.63. The smallest absolute Gasteiger partial charge is 0.122 e. The summed E-state index contributed by atoms with van der Waals surface area (Å²) in [6.45, 7) is 7.26. The molecule has 0 aliphatic carbocycles. The van der Waals surface area contributed by atoms with Crippen LogP contribution < -0.4 is 10.5 Å². The van der Waals surface area contributed by atoms with Crippen LogP contribution in [0.25, 0.3) is 0 Å². The third-order valence-electron chi connectivity index (χ3n) is 2.71. The fourth-order valence-electron chi connectivity index (χ4n) is 1.82. The Kier molecular flexibility index (Phi) is 4.77.